The van der Waals surface area contributed by atoms with Crippen LogP contribution in [0, 0.1) is 0 Å². The van der Waals surface area contributed by atoms with E-state index in [4.69, 9.17) is 0 Å². The summed E-state index contributed by atoms with van der Waals surface area (Å²) in [5.74, 6) is -2.04. The zero-order chi connectivity index (χ0) is 18.1. The Hall–Kier alpha value is -2.68. The number of hydrogen-bond acceptors (Lipinski definition) is 5. The average molecular weight is 368 g/mol. The Morgan fingerprint density at radius 1 is 1.00 bits per heavy atom. The van der Waals surface area contributed by atoms with E-state index in [1.54, 1.807) is 30.3 Å². The predicted octanol–water partition coefficient (Wildman–Crippen LogP) is 3.73. The summed E-state index contributed by atoms with van der Waals surface area (Å²) in [6.45, 7) is 0. The molecule has 0 atom stereocenters. The topological polar surface area (TPSA) is 73.1 Å². The first-order valence-corrected chi connectivity index (χ1v) is 8.69. The molecule has 0 radical (unpaired) electrons. The van der Waals surface area contributed by atoms with Crippen molar-refractivity contribution in [1.82, 2.24) is 10.1 Å². The molecule has 0 fully saturated rings. The lowest BCUT2D eigenvalue weighted by Gasteiger charge is -2.06. The minimum atomic E-state index is -4.76. The molecule has 0 unspecified atom stereocenters. The summed E-state index contributed by atoms with van der Waals surface area (Å²) in [6, 6.07) is 14.0. The van der Waals surface area contributed by atoms with E-state index in [1.165, 1.54) is 24.3 Å². The fourth-order valence-corrected chi connectivity index (χ4v) is 3.55. The molecule has 1 heterocycles. The second-order valence-electron chi connectivity index (χ2n) is 5.19. The molecule has 5 nitrogen and oxygen atoms in total. The third-order valence-corrected chi connectivity index (χ3v) is 5.00. The monoisotopic (exact) mass is 368 g/mol. The Labute approximate surface area is 141 Å². The number of aromatic nitrogens is 2. The van der Waals surface area contributed by atoms with Crippen molar-refractivity contribution in [2.45, 2.75) is 16.8 Å². The van der Waals surface area contributed by atoms with E-state index in [0.717, 1.165) is 0 Å². The second kappa shape index (κ2) is 6.32. The van der Waals surface area contributed by atoms with Crippen LogP contribution in [-0.2, 0) is 21.8 Å². The lowest BCUT2D eigenvalue weighted by Crippen LogP contribution is -2.05. The highest BCUT2D eigenvalue weighted by molar-refractivity contribution is 7.90. The summed E-state index contributed by atoms with van der Waals surface area (Å²) in [5.41, 5.74) is 0.722. The molecular weight excluding hydrogens is 357 g/mol. The molecule has 2 aromatic carbocycles. The first-order chi connectivity index (χ1) is 11.8. The van der Waals surface area contributed by atoms with E-state index in [0.29, 0.717) is 5.56 Å². The van der Waals surface area contributed by atoms with Crippen LogP contribution in [-0.4, -0.2) is 18.6 Å². The maximum Gasteiger partial charge on any atom is 0.471 e. The zero-order valence-corrected chi connectivity index (χ0v) is 13.4. The van der Waals surface area contributed by atoms with E-state index in [1.807, 2.05) is 0 Å². The summed E-state index contributed by atoms with van der Waals surface area (Å²) in [7, 11) is -3.67. The molecule has 130 valence electrons. The third-order valence-electron chi connectivity index (χ3n) is 3.32. The molecule has 0 aliphatic heterocycles. The van der Waals surface area contributed by atoms with Crippen LogP contribution in [0.25, 0.3) is 11.4 Å². The van der Waals surface area contributed by atoms with Crippen LogP contribution in [0.4, 0.5) is 13.2 Å². The van der Waals surface area contributed by atoms with Gasteiger partial charge in [-0.15, -0.1) is 0 Å². The molecule has 0 bridgehead atoms. The Morgan fingerprint density at radius 2 is 1.72 bits per heavy atom. The predicted molar refractivity (Wildman–Crippen MR) is 82.1 cm³/mol. The number of alkyl halides is 3. The van der Waals surface area contributed by atoms with E-state index in [-0.39, 0.29) is 22.0 Å². The van der Waals surface area contributed by atoms with Gasteiger partial charge < -0.3 is 4.52 Å². The van der Waals surface area contributed by atoms with Crippen LogP contribution in [0.15, 0.2) is 64.0 Å². The zero-order valence-electron chi connectivity index (χ0n) is 12.6. The standard InChI is InChI=1S/C16H11F3N2O3S/c17-16(18,19)15-20-14(21-24-15)12-7-4-8-13(9-12)25(22,23)10-11-5-2-1-3-6-11/h1-9H,10H2. The van der Waals surface area contributed by atoms with Crippen molar-refractivity contribution in [3.63, 3.8) is 0 Å². The number of sulfone groups is 1. The van der Waals surface area contributed by atoms with Gasteiger partial charge in [-0.1, -0.05) is 47.6 Å². The summed E-state index contributed by atoms with van der Waals surface area (Å²) in [4.78, 5) is 3.23. The Bertz CT molecular complexity index is 983. The van der Waals surface area contributed by atoms with Gasteiger partial charge in [0.2, 0.25) is 5.82 Å². The molecule has 0 amide bonds. The van der Waals surface area contributed by atoms with Crippen molar-refractivity contribution in [2.24, 2.45) is 0 Å². The molecular formula is C16H11F3N2O3S. The third kappa shape index (κ3) is 3.87. The summed E-state index contributed by atoms with van der Waals surface area (Å²) < 4.78 is 66.8. The van der Waals surface area contributed by atoms with Crippen LogP contribution in [0.1, 0.15) is 11.5 Å². The second-order valence-corrected chi connectivity index (χ2v) is 7.18. The molecule has 25 heavy (non-hydrogen) atoms. The first kappa shape index (κ1) is 17.2. The van der Waals surface area contributed by atoms with Gasteiger partial charge in [0.1, 0.15) is 0 Å². The van der Waals surface area contributed by atoms with Gasteiger partial charge >= 0.3 is 12.1 Å². The molecule has 3 rings (SSSR count). The van der Waals surface area contributed by atoms with Crippen LogP contribution < -0.4 is 0 Å². The van der Waals surface area contributed by atoms with Crippen molar-refractivity contribution < 1.29 is 26.1 Å². The van der Waals surface area contributed by atoms with Crippen molar-refractivity contribution in [3.8, 4) is 11.4 Å². The Morgan fingerprint density at radius 3 is 2.36 bits per heavy atom. The highest BCUT2D eigenvalue weighted by Crippen LogP contribution is 2.30. The van der Waals surface area contributed by atoms with Crippen LogP contribution in [0.5, 0.6) is 0 Å². The maximum atomic E-state index is 12.5. The molecule has 0 aliphatic rings. The number of benzene rings is 2. The van der Waals surface area contributed by atoms with Crippen molar-refractivity contribution >= 4 is 9.84 Å². The lowest BCUT2D eigenvalue weighted by molar-refractivity contribution is -0.159. The number of halogens is 3. The van der Waals surface area contributed by atoms with Gasteiger partial charge in [-0.2, -0.15) is 18.2 Å². The van der Waals surface area contributed by atoms with Crippen LogP contribution >= 0.6 is 0 Å². The van der Waals surface area contributed by atoms with E-state index < -0.39 is 21.9 Å². The van der Waals surface area contributed by atoms with Gasteiger partial charge in [-0.3, -0.25) is 0 Å². The SMILES string of the molecule is O=S(=O)(Cc1ccccc1)c1cccc(-c2noc(C(F)(F)F)n2)c1. The Kier molecular flexibility index (Phi) is 4.34. The minimum absolute atomic E-state index is 0.0350. The van der Waals surface area contributed by atoms with Crippen molar-refractivity contribution in [1.29, 1.82) is 0 Å². The summed E-state index contributed by atoms with van der Waals surface area (Å²) in [5, 5.41) is 3.26. The lowest BCUT2D eigenvalue weighted by atomic mass is 10.2. The van der Waals surface area contributed by atoms with Gasteiger partial charge in [0.05, 0.1) is 10.6 Å². The summed E-state index contributed by atoms with van der Waals surface area (Å²) >= 11 is 0. The number of rotatable bonds is 4. The highest BCUT2D eigenvalue weighted by Gasteiger charge is 2.38. The quantitative estimate of drug-likeness (QED) is 0.702. The fraction of sp³-hybridized carbons (Fsp3) is 0.125. The minimum Gasteiger partial charge on any atom is -0.329 e. The molecule has 0 aliphatic carbocycles. The van der Waals surface area contributed by atoms with Crippen molar-refractivity contribution in [2.75, 3.05) is 0 Å². The smallest absolute Gasteiger partial charge is 0.329 e. The molecule has 0 N–H and O–H groups in total. The van der Waals surface area contributed by atoms with Crippen LogP contribution in [0.2, 0.25) is 0 Å². The summed E-state index contributed by atoms with van der Waals surface area (Å²) in [6.07, 6.45) is -4.76. The van der Waals surface area contributed by atoms with E-state index >= 15 is 0 Å². The molecule has 0 saturated carbocycles. The van der Waals surface area contributed by atoms with E-state index in [9.17, 15) is 21.6 Å². The average Bonchev–Trinajstić information content (AvgIpc) is 3.06. The normalized spacial score (nSPS) is 12.3. The van der Waals surface area contributed by atoms with Crippen LogP contribution in [0.3, 0.4) is 0 Å². The molecule has 0 spiro atoms. The largest absolute Gasteiger partial charge is 0.471 e. The number of hydrogen-bond donors (Lipinski definition) is 0. The highest BCUT2D eigenvalue weighted by atomic mass is 32.2. The molecule has 9 heteroatoms. The van der Waals surface area contributed by atoms with Gasteiger partial charge in [-0.25, -0.2) is 8.42 Å². The van der Waals surface area contributed by atoms with Gasteiger partial charge in [-0.05, 0) is 17.7 Å². The fourth-order valence-electron chi connectivity index (χ4n) is 2.16. The van der Waals surface area contributed by atoms with E-state index in [2.05, 4.69) is 14.7 Å². The van der Waals surface area contributed by atoms with Crippen molar-refractivity contribution in [3.05, 3.63) is 66.1 Å². The first-order valence-electron chi connectivity index (χ1n) is 7.04. The molecule has 1 aromatic heterocycles. The Balaban J connectivity index is 1.92. The number of nitrogens with zero attached hydrogens (tertiary/aromatic N) is 2. The van der Waals surface area contributed by atoms with Gasteiger partial charge in [0, 0.05) is 5.56 Å². The molecule has 3 aromatic rings. The maximum absolute atomic E-state index is 12.5. The van der Waals surface area contributed by atoms with Gasteiger partial charge in [0.15, 0.2) is 9.84 Å². The molecule has 0 saturated heterocycles. The van der Waals surface area contributed by atoms with Gasteiger partial charge in [0.25, 0.3) is 0 Å².